The van der Waals surface area contributed by atoms with Crippen LogP contribution in [0.1, 0.15) is 38.2 Å². The van der Waals surface area contributed by atoms with Crippen LogP contribution >= 0.6 is 0 Å². The van der Waals surface area contributed by atoms with E-state index in [1.165, 1.54) is 0 Å². The molecule has 0 aromatic heterocycles. The van der Waals surface area contributed by atoms with Crippen LogP contribution in [0.5, 0.6) is 0 Å². The monoisotopic (exact) mass is 312 g/mol. The number of rotatable bonds is 5. The van der Waals surface area contributed by atoms with Crippen molar-refractivity contribution in [1.29, 1.82) is 0 Å². The summed E-state index contributed by atoms with van der Waals surface area (Å²) in [6, 6.07) is 7.21. The predicted molar refractivity (Wildman–Crippen MR) is 82.2 cm³/mol. The van der Waals surface area contributed by atoms with Crippen LogP contribution in [-0.4, -0.2) is 32.4 Å². The Morgan fingerprint density at radius 1 is 1.24 bits per heavy atom. The highest BCUT2D eigenvalue weighted by molar-refractivity contribution is 7.89. The van der Waals surface area contributed by atoms with Crippen LogP contribution in [0, 0.1) is 5.92 Å². The first-order valence-electron chi connectivity index (χ1n) is 7.37. The fourth-order valence-corrected chi connectivity index (χ4v) is 4.10. The minimum atomic E-state index is -3.38. The highest BCUT2D eigenvalue weighted by atomic mass is 32.2. The molecule has 2 rings (SSSR count). The topological polar surface area (TPSA) is 72.6 Å². The van der Waals surface area contributed by atoms with Gasteiger partial charge in [-0.1, -0.05) is 26.0 Å². The second-order valence-corrected chi connectivity index (χ2v) is 7.84. The molecular formula is C15H24N2O3S. The van der Waals surface area contributed by atoms with Crippen LogP contribution in [0.15, 0.2) is 29.2 Å². The summed E-state index contributed by atoms with van der Waals surface area (Å²) in [6.45, 7) is 5.74. The first-order valence-corrected chi connectivity index (χ1v) is 8.81. The first-order chi connectivity index (χ1) is 9.95. The predicted octanol–water partition coefficient (Wildman–Crippen LogP) is 2.10. The Bertz CT molecular complexity index is 547. The zero-order chi connectivity index (χ0) is 15.5. The van der Waals surface area contributed by atoms with E-state index in [2.05, 4.69) is 18.7 Å². The Morgan fingerprint density at radius 3 is 2.29 bits per heavy atom. The molecule has 0 bridgehead atoms. The number of hydrogen-bond acceptors (Lipinski definition) is 4. The summed E-state index contributed by atoms with van der Waals surface area (Å²) >= 11 is 0. The third-order valence-corrected chi connectivity index (χ3v) is 6.00. The molecule has 1 aliphatic heterocycles. The summed E-state index contributed by atoms with van der Waals surface area (Å²) in [7, 11) is -3.38. The second kappa shape index (κ2) is 6.87. The summed E-state index contributed by atoms with van der Waals surface area (Å²) < 4.78 is 26.8. The van der Waals surface area contributed by atoms with Gasteiger partial charge in [-0.3, -0.25) is 0 Å². The summed E-state index contributed by atoms with van der Waals surface area (Å²) in [5, 5.41) is 0. The minimum absolute atomic E-state index is 0.352. The molecule has 0 unspecified atom stereocenters. The molecule has 0 amide bonds. The van der Waals surface area contributed by atoms with Gasteiger partial charge < -0.3 is 4.84 Å². The molecule has 1 aromatic carbocycles. The van der Waals surface area contributed by atoms with Crippen molar-refractivity contribution in [3.05, 3.63) is 29.8 Å². The van der Waals surface area contributed by atoms with Gasteiger partial charge >= 0.3 is 0 Å². The Balaban J connectivity index is 2.08. The first kappa shape index (κ1) is 16.4. The lowest BCUT2D eigenvalue weighted by Crippen LogP contribution is -2.39. The van der Waals surface area contributed by atoms with E-state index in [-0.39, 0.29) is 0 Å². The Kier molecular flexibility index (Phi) is 5.37. The van der Waals surface area contributed by atoms with Crippen LogP contribution in [0.2, 0.25) is 0 Å². The lowest BCUT2D eigenvalue weighted by atomic mass is 9.99. The van der Waals surface area contributed by atoms with Crippen molar-refractivity contribution in [1.82, 2.24) is 4.31 Å². The Labute approximate surface area is 127 Å². The average Bonchev–Trinajstić information content (AvgIpc) is 2.48. The van der Waals surface area contributed by atoms with Gasteiger partial charge in [0.05, 0.1) is 11.5 Å². The summed E-state index contributed by atoms with van der Waals surface area (Å²) in [5.41, 5.74) is 1.15. The molecule has 1 fully saturated rings. The molecule has 118 valence electrons. The van der Waals surface area contributed by atoms with E-state index >= 15 is 0 Å². The lowest BCUT2D eigenvalue weighted by molar-refractivity contribution is 0.0805. The van der Waals surface area contributed by atoms with E-state index in [4.69, 9.17) is 5.90 Å². The van der Waals surface area contributed by atoms with Gasteiger partial charge in [0, 0.05) is 13.1 Å². The Morgan fingerprint density at radius 2 is 1.81 bits per heavy atom. The van der Waals surface area contributed by atoms with Crippen LogP contribution in [0.3, 0.4) is 0 Å². The number of piperidine rings is 1. The van der Waals surface area contributed by atoms with Crippen LogP contribution in [0.4, 0.5) is 0 Å². The molecular weight excluding hydrogens is 288 g/mol. The van der Waals surface area contributed by atoms with Crippen molar-refractivity contribution >= 4 is 10.0 Å². The van der Waals surface area contributed by atoms with Crippen molar-refractivity contribution in [2.75, 3.05) is 19.7 Å². The molecule has 2 N–H and O–H groups in total. The van der Waals surface area contributed by atoms with Crippen LogP contribution < -0.4 is 5.90 Å². The Hall–Kier alpha value is -0.950. The van der Waals surface area contributed by atoms with Gasteiger partial charge in [-0.25, -0.2) is 14.3 Å². The molecule has 0 spiro atoms. The normalized spacial score (nSPS) is 18.3. The SMILES string of the molecule is CC(C)c1ccc(S(=O)(=O)N2CCC(CON)CC2)cc1. The highest BCUT2D eigenvalue weighted by Crippen LogP contribution is 2.25. The summed E-state index contributed by atoms with van der Waals surface area (Å²) in [6.07, 6.45) is 1.58. The van der Waals surface area contributed by atoms with Gasteiger partial charge in [0.25, 0.3) is 0 Å². The zero-order valence-electron chi connectivity index (χ0n) is 12.7. The summed E-state index contributed by atoms with van der Waals surface area (Å²) in [5.74, 6) is 5.83. The maximum atomic E-state index is 12.6. The molecule has 0 radical (unpaired) electrons. The molecule has 1 aliphatic rings. The molecule has 1 saturated heterocycles. The van der Waals surface area contributed by atoms with Gasteiger partial charge in [0.15, 0.2) is 0 Å². The van der Waals surface area contributed by atoms with Crippen molar-refractivity contribution in [3.63, 3.8) is 0 Å². The van der Waals surface area contributed by atoms with E-state index in [9.17, 15) is 8.42 Å². The molecule has 0 aliphatic carbocycles. The van der Waals surface area contributed by atoms with Gasteiger partial charge in [0.1, 0.15) is 0 Å². The zero-order valence-corrected chi connectivity index (χ0v) is 13.5. The van der Waals surface area contributed by atoms with E-state index < -0.39 is 10.0 Å². The average molecular weight is 312 g/mol. The molecule has 6 heteroatoms. The maximum Gasteiger partial charge on any atom is 0.243 e. The van der Waals surface area contributed by atoms with E-state index in [1.54, 1.807) is 16.4 Å². The quantitative estimate of drug-likeness (QED) is 0.845. The third-order valence-electron chi connectivity index (χ3n) is 4.09. The fourth-order valence-electron chi connectivity index (χ4n) is 2.63. The lowest BCUT2D eigenvalue weighted by Gasteiger charge is -2.30. The van der Waals surface area contributed by atoms with Crippen molar-refractivity contribution in [2.45, 2.75) is 37.5 Å². The second-order valence-electron chi connectivity index (χ2n) is 5.90. The van der Waals surface area contributed by atoms with E-state index in [0.29, 0.717) is 36.4 Å². The van der Waals surface area contributed by atoms with Crippen molar-refractivity contribution in [2.24, 2.45) is 11.8 Å². The third kappa shape index (κ3) is 3.83. The minimum Gasteiger partial charge on any atom is -0.304 e. The van der Waals surface area contributed by atoms with Crippen molar-refractivity contribution < 1.29 is 13.3 Å². The smallest absolute Gasteiger partial charge is 0.243 e. The number of sulfonamides is 1. The van der Waals surface area contributed by atoms with E-state index in [1.807, 2.05) is 12.1 Å². The largest absolute Gasteiger partial charge is 0.304 e. The number of hydrogen-bond donors (Lipinski definition) is 1. The van der Waals surface area contributed by atoms with Gasteiger partial charge in [-0.05, 0) is 42.4 Å². The van der Waals surface area contributed by atoms with Gasteiger partial charge in [-0.2, -0.15) is 4.31 Å². The highest BCUT2D eigenvalue weighted by Gasteiger charge is 2.29. The number of benzene rings is 1. The molecule has 0 atom stereocenters. The molecule has 5 nitrogen and oxygen atoms in total. The fraction of sp³-hybridized carbons (Fsp3) is 0.600. The summed E-state index contributed by atoms with van der Waals surface area (Å²) in [4.78, 5) is 5.03. The van der Waals surface area contributed by atoms with Crippen LogP contribution in [0.25, 0.3) is 0 Å². The van der Waals surface area contributed by atoms with Crippen molar-refractivity contribution in [3.8, 4) is 0 Å². The number of nitrogens with two attached hydrogens (primary N) is 1. The molecule has 1 aromatic rings. The molecule has 0 saturated carbocycles. The maximum absolute atomic E-state index is 12.6. The molecule has 21 heavy (non-hydrogen) atoms. The van der Waals surface area contributed by atoms with Crippen LogP contribution in [-0.2, 0) is 14.9 Å². The number of nitrogens with zero attached hydrogens (tertiary/aromatic N) is 1. The standard InChI is InChI=1S/C15H24N2O3S/c1-12(2)14-3-5-15(6-4-14)21(18,19)17-9-7-13(8-10-17)11-20-16/h3-6,12-13H,7-11,16H2,1-2H3. The van der Waals surface area contributed by atoms with Gasteiger partial charge in [-0.15, -0.1) is 0 Å². The van der Waals surface area contributed by atoms with E-state index in [0.717, 1.165) is 18.4 Å². The van der Waals surface area contributed by atoms with Gasteiger partial charge in [0.2, 0.25) is 10.0 Å². The molecule has 1 heterocycles.